The molecule has 0 amide bonds. The summed E-state index contributed by atoms with van der Waals surface area (Å²) >= 11 is 3.50. The number of hydrogen-bond donors (Lipinski definition) is 0. The normalized spacial score (nSPS) is 20.2. The Bertz CT molecular complexity index is 390. The van der Waals surface area contributed by atoms with Crippen molar-refractivity contribution in [1.82, 2.24) is 4.98 Å². The molecule has 0 spiro atoms. The number of hydrogen-bond acceptors (Lipinski definition) is 2. The lowest BCUT2D eigenvalue weighted by Crippen LogP contribution is -2.40. The molecule has 1 aromatic heterocycles. The fourth-order valence-electron chi connectivity index (χ4n) is 2.91. The SMILES string of the molecule is CCCC1CCCCN1c1ncc(CBr)cc1C. The van der Waals surface area contributed by atoms with Crippen LogP contribution < -0.4 is 4.90 Å². The van der Waals surface area contributed by atoms with E-state index in [1.807, 2.05) is 6.20 Å². The van der Waals surface area contributed by atoms with Crippen molar-refractivity contribution in [3.05, 3.63) is 23.4 Å². The van der Waals surface area contributed by atoms with Crippen LogP contribution in [0.15, 0.2) is 12.3 Å². The van der Waals surface area contributed by atoms with E-state index in [0.717, 1.165) is 5.33 Å². The van der Waals surface area contributed by atoms with Gasteiger partial charge >= 0.3 is 0 Å². The molecule has 2 rings (SSSR count). The van der Waals surface area contributed by atoms with E-state index >= 15 is 0 Å². The first-order chi connectivity index (χ1) is 8.76. The number of piperidine rings is 1. The summed E-state index contributed by atoms with van der Waals surface area (Å²) in [6.45, 7) is 5.64. The third-order valence-corrected chi connectivity index (χ3v) is 4.43. The van der Waals surface area contributed by atoms with Gasteiger partial charge in [-0.1, -0.05) is 35.3 Å². The smallest absolute Gasteiger partial charge is 0.131 e. The summed E-state index contributed by atoms with van der Waals surface area (Å²) in [5.41, 5.74) is 2.58. The third kappa shape index (κ3) is 3.05. The highest BCUT2D eigenvalue weighted by atomic mass is 79.9. The van der Waals surface area contributed by atoms with Gasteiger partial charge in [0.25, 0.3) is 0 Å². The Kier molecular flexibility index (Phi) is 5.04. The zero-order chi connectivity index (χ0) is 13.0. The van der Waals surface area contributed by atoms with Gasteiger partial charge in [-0.05, 0) is 43.7 Å². The Morgan fingerprint density at radius 2 is 2.28 bits per heavy atom. The van der Waals surface area contributed by atoms with Crippen LogP contribution in [0.4, 0.5) is 5.82 Å². The number of halogens is 1. The molecule has 3 heteroatoms. The first-order valence-electron chi connectivity index (χ1n) is 7.04. The minimum atomic E-state index is 0.699. The number of aryl methyl sites for hydroxylation is 1. The van der Waals surface area contributed by atoms with E-state index in [1.165, 1.54) is 55.6 Å². The maximum atomic E-state index is 4.70. The average molecular weight is 311 g/mol. The highest BCUT2D eigenvalue weighted by Crippen LogP contribution is 2.28. The number of anilines is 1. The fraction of sp³-hybridized carbons (Fsp3) is 0.667. The van der Waals surface area contributed by atoms with E-state index in [0.29, 0.717) is 6.04 Å². The van der Waals surface area contributed by atoms with Gasteiger partial charge in [-0.25, -0.2) is 4.98 Å². The lowest BCUT2D eigenvalue weighted by atomic mass is 9.97. The highest BCUT2D eigenvalue weighted by Gasteiger charge is 2.23. The lowest BCUT2D eigenvalue weighted by molar-refractivity contribution is 0.431. The topological polar surface area (TPSA) is 16.1 Å². The molecule has 18 heavy (non-hydrogen) atoms. The van der Waals surface area contributed by atoms with E-state index in [4.69, 9.17) is 4.98 Å². The summed E-state index contributed by atoms with van der Waals surface area (Å²) < 4.78 is 0. The molecule has 1 atom stereocenters. The van der Waals surface area contributed by atoms with E-state index < -0.39 is 0 Å². The van der Waals surface area contributed by atoms with Gasteiger partial charge in [-0.15, -0.1) is 0 Å². The van der Waals surface area contributed by atoms with Crippen LogP contribution in [0.25, 0.3) is 0 Å². The van der Waals surface area contributed by atoms with Gasteiger partial charge in [0.15, 0.2) is 0 Å². The first-order valence-corrected chi connectivity index (χ1v) is 8.16. The van der Waals surface area contributed by atoms with Crippen molar-refractivity contribution >= 4 is 21.7 Å². The maximum Gasteiger partial charge on any atom is 0.131 e. The maximum absolute atomic E-state index is 4.70. The van der Waals surface area contributed by atoms with Gasteiger partial charge in [-0.2, -0.15) is 0 Å². The predicted molar refractivity (Wildman–Crippen MR) is 81.5 cm³/mol. The largest absolute Gasteiger partial charge is 0.353 e. The Morgan fingerprint density at radius 3 is 2.94 bits per heavy atom. The summed E-state index contributed by atoms with van der Waals surface area (Å²) in [4.78, 5) is 7.24. The molecule has 1 aliphatic heterocycles. The minimum absolute atomic E-state index is 0.699. The van der Waals surface area contributed by atoms with Crippen LogP contribution in [-0.4, -0.2) is 17.6 Å². The second-order valence-electron chi connectivity index (χ2n) is 5.25. The van der Waals surface area contributed by atoms with Crippen LogP contribution in [0.5, 0.6) is 0 Å². The summed E-state index contributed by atoms with van der Waals surface area (Å²) in [5.74, 6) is 1.21. The second kappa shape index (κ2) is 6.55. The Labute approximate surface area is 119 Å². The van der Waals surface area contributed by atoms with E-state index in [1.54, 1.807) is 0 Å². The molecule has 1 unspecified atom stereocenters. The summed E-state index contributed by atoms with van der Waals surface area (Å²) in [5, 5.41) is 0.888. The zero-order valence-corrected chi connectivity index (χ0v) is 13.0. The molecule has 2 heterocycles. The Morgan fingerprint density at radius 1 is 1.44 bits per heavy atom. The number of pyridine rings is 1. The van der Waals surface area contributed by atoms with Gasteiger partial charge in [-0.3, -0.25) is 0 Å². The second-order valence-corrected chi connectivity index (χ2v) is 5.81. The van der Waals surface area contributed by atoms with Crippen molar-refractivity contribution in [2.45, 2.75) is 57.3 Å². The molecule has 1 fully saturated rings. The molecular weight excluding hydrogens is 288 g/mol. The number of nitrogens with zero attached hydrogens (tertiary/aromatic N) is 2. The predicted octanol–water partition coefficient (Wildman–Crippen LogP) is 4.44. The van der Waals surface area contributed by atoms with Gasteiger partial charge < -0.3 is 4.90 Å². The van der Waals surface area contributed by atoms with Crippen molar-refractivity contribution in [3.8, 4) is 0 Å². The summed E-state index contributed by atoms with van der Waals surface area (Å²) in [6.07, 6.45) is 8.58. The van der Waals surface area contributed by atoms with Gasteiger partial charge in [0.2, 0.25) is 0 Å². The molecule has 0 saturated carbocycles. The van der Waals surface area contributed by atoms with Crippen LogP contribution in [0.1, 0.15) is 50.2 Å². The fourth-order valence-corrected chi connectivity index (χ4v) is 3.22. The first kappa shape index (κ1) is 13.9. The van der Waals surface area contributed by atoms with Crippen molar-refractivity contribution in [1.29, 1.82) is 0 Å². The molecule has 0 radical (unpaired) electrons. The van der Waals surface area contributed by atoms with Gasteiger partial charge in [0.05, 0.1) is 0 Å². The van der Waals surface area contributed by atoms with Gasteiger partial charge in [0.1, 0.15) is 5.82 Å². The molecule has 100 valence electrons. The Hall–Kier alpha value is -0.570. The monoisotopic (exact) mass is 310 g/mol. The van der Waals surface area contributed by atoms with E-state index in [-0.39, 0.29) is 0 Å². The highest BCUT2D eigenvalue weighted by molar-refractivity contribution is 9.08. The van der Waals surface area contributed by atoms with Crippen molar-refractivity contribution in [2.24, 2.45) is 0 Å². The van der Waals surface area contributed by atoms with Crippen molar-refractivity contribution in [3.63, 3.8) is 0 Å². The average Bonchev–Trinajstić information content (AvgIpc) is 2.40. The molecule has 1 saturated heterocycles. The van der Waals surface area contributed by atoms with Crippen LogP contribution in [0, 0.1) is 6.92 Å². The quantitative estimate of drug-likeness (QED) is 0.764. The van der Waals surface area contributed by atoms with Crippen molar-refractivity contribution in [2.75, 3.05) is 11.4 Å². The molecule has 1 aliphatic rings. The van der Waals surface area contributed by atoms with Crippen molar-refractivity contribution < 1.29 is 0 Å². The van der Waals surface area contributed by atoms with Crippen LogP contribution in [0.2, 0.25) is 0 Å². The Balaban J connectivity index is 2.22. The molecule has 2 nitrogen and oxygen atoms in total. The standard InChI is InChI=1S/C15H23BrN2/c1-3-6-14-7-4-5-8-18(14)15-12(2)9-13(10-16)11-17-15/h9,11,14H,3-8,10H2,1-2H3. The molecule has 0 N–H and O–H groups in total. The number of rotatable bonds is 4. The van der Waals surface area contributed by atoms with E-state index in [9.17, 15) is 0 Å². The molecular formula is C15H23BrN2. The lowest BCUT2D eigenvalue weighted by Gasteiger charge is -2.37. The molecule has 0 aliphatic carbocycles. The summed E-state index contributed by atoms with van der Waals surface area (Å²) in [6, 6.07) is 2.96. The van der Waals surface area contributed by atoms with Crippen LogP contribution >= 0.6 is 15.9 Å². The summed E-state index contributed by atoms with van der Waals surface area (Å²) in [7, 11) is 0. The molecule has 1 aromatic rings. The zero-order valence-electron chi connectivity index (χ0n) is 11.5. The third-order valence-electron chi connectivity index (χ3n) is 3.78. The van der Waals surface area contributed by atoms with E-state index in [2.05, 4.69) is 40.7 Å². The van der Waals surface area contributed by atoms with Crippen LogP contribution in [0.3, 0.4) is 0 Å². The number of aromatic nitrogens is 1. The van der Waals surface area contributed by atoms with Gasteiger partial charge in [0, 0.05) is 24.1 Å². The molecule has 0 bridgehead atoms. The number of alkyl halides is 1. The molecule has 0 aromatic carbocycles. The minimum Gasteiger partial charge on any atom is -0.353 e. The van der Waals surface area contributed by atoms with Crippen LogP contribution in [-0.2, 0) is 5.33 Å².